The van der Waals surface area contributed by atoms with Crippen molar-refractivity contribution < 1.29 is 10.4 Å². The van der Waals surface area contributed by atoms with Crippen LogP contribution in [0.25, 0.3) is 0 Å². The Morgan fingerprint density at radius 2 is 1.88 bits per heavy atom. The molecule has 0 aromatic heterocycles. The average molecular weight is 222 g/mol. The Hall–Kier alpha value is -1.33. The molecule has 0 atom stereocenters. The Bertz CT molecular complexity index is 371. The molecule has 0 amide bonds. The van der Waals surface area contributed by atoms with Gasteiger partial charge in [0.25, 0.3) is 0 Å². The first-order chi connectivity index (χ1) is 7.30. The molecule has 2 heterocycles. The molecule has 0 bridgehead atoms. The molecule has 0 aliphatic carbocycles. The molecule has 2 aliphatic heterocycles. The van der Waals surface area contributed by atoms with E-state index >= 15 is 0 Å². The summed E-state index contributed by atoms with van der Waals surface area (Å²) >= 11 is 0. The molecule has 5 nitrogen and oxygen atoms in total. The first-order valence-electron chi connectivity index (χ1n) is 5.20. The van der Waals surface area contributed by atoms with E-state index in [2.05, 4.69) is 4.99 Å². The van der Waals surface area contributed by atoms with Gasteiger partial charge in [0, 0.05) is 18.0 Å². The van der Waals surface area contributed by atoms with Gasteiger partial charge in [-0.15, -0.1) is 0 Å². The van der Waals surface area contributed by atoms with Gasteiger partial charge in [0.15, 0.2) is 5.82 Å². The summed E-state index contributed by atoms with van der Waals surface area (Å²) < 4.78 is 0. The highest BCUT2D eigenvalue weighted by Gasteiger charge is 2.56. The lowest BCUT2D eigenvalue weighted by Crippen LogP contribution is -2.52. The van der Waals surface area contributed by atoms with Gasteiger partial charge < -0.3 is 0 Å². The van der Waals surface area contributed by atoms with Crippen LogP contribution < -0.4 is 0 Å². The molecule has 0 aromatic carbocycles. The fraction of sp³-hybridized carbons (Fsp3) is 0.545. The van der Waals surface area contributed by atoms with E-state index < -0.39 is 11.1 Å². The van der Waals surface area contributed by atoms with Crippen LogP contribution in [0.2, 0.25) is 0 Å². The van der Waals surface area contributed by atoms with E-state index in [1.165, 1.54) is 0 Å². The highest BCUT2D eigenvalue weighted by molar-refractivity contribution is 5.86. The molecule has 0 saturated carbocycles. The number of rotatable bonds is 0. The summed E-state index contributed by atoms with van der Waals surface area (Å²) in [5.41, 5.74) is -0.716. The molecule has 1 saturated heterocycles. The molecule has 1 radical (unpaired) electrons. The summed E-state index contributed by atoms with van der Waals surface area (Å²) in [5, 5.41) is 24.2. The maximum atomic E-state index is 12.2. The van der Waals surface area contributed by atoms with Crippen LogP contribution in [0.3, 0.4) is 0 Å². The van der Waals surface area contributed by atoms with Crippen LogP contribution in [0.15, 0.2) is 28.7 Å². The highest BCUT2D eigenvalue weighted by Crippen LogP contribution is 2.44. The Balaban J connectivity index is 2.56. The first-order valence-corrected chi connectivity index (χ1v) is 5.20. The van der Waals surface area contributed by atoms with E-state index in [4.69, 9.17) is 0 Å². The minimum atomic E-state index is -0.700. The molecule has 0 aromatic rings. The van der Waals surface area contributed by atoms with Gasteiger partial charge in [0.05, 0.1) is 11.1 Å². The predicted molar refractivity (Wildman–Crippen MR) is 59.0 cm³/mol. The van der Waals surface area contributed by atoms with Crippen molar-refractivity contribution >= 4 is 6.21 Å². The van der Waals surface area contributed by atoms with Gasteiger partial charge in [-0.25, -0.2) is 5.06 Å². The van der Waals surface area contributed by atoms with Crippen molar-refractivity contribution in [1.29, 1.82) is 0 Å². The summed E-state index contributed by atoms with van der Waals surface area (Å²) in [4.78, 5) is 3.91. The van der Waals surface area contributed by atoms with Crippen LogP contribution in [-0.4, -0.2) is 32.6 Å². The van der Waals surface area contributed by atoms with E-state index in [1.807, 2.05) is 27.7 Å². The maximum Gasteiger partial charge on any atom is 0.166 e. The molecule has 0 spiro atoms. The van der Waals surface area contributed by atoms with Gasteiger partial charge in [-0.05, 0) is 33.8 Å². The van der Waals surface area contributed by atoms with Gasteiger partial charge in [-0.2, -0.15) is 5.06 Å². The lowest BCUT2D eigenvalue weighted by atomic mass is 9.84. The van der Waals surface area contributed by atoms with Crippen molar-refractivity contribution in [2.75, 3.05) is 0 Å². The molecule has 1 fully saturated rings. The molecule has 5 heteroatoms. The van der Waals surface area contributed by atoms with Gasteiger partial charge >= 0.3 is 0 Å². The number of hydroxylamine groups is 4. The van der Waals surface area contributed by atoms with Crippen LogP contribution >= 0.6 is 0 Å². The number of allylic oxidation sites excluding steroid dienone is 2. The molecule has 2 rings (SSSR count). The van der Waals surface area contributed by atoms with Crippen molar-refractivity contribution in [3.05, 3.63) is 23.7 Å². The largest absolute Gasteiger partial charge is 0.286 e. The van der Waals surface area contributed by atoms with Gasteiger partial charge in [0.2, 0.25) is 0 Å². The van der Waals surface area contributed by atoms with Crippen molar-refractivity contribution in [3.63, 3.8) is 0 Å². The van der Waals surface area contributed by atoms with E-state index in [0.29, 0.717) is 5.57 Å². The van der Waals surface area contributed by atoms with Crippen molar-refractivity contribution in [1.82, 2.24) is 10.1 Å². The van der Waals surface area contributed by atoms with Gasteiger partial charge in [-0.1, -0.05) is 5.21 Å². The molecular formula is C11H16N3O2. The normalized spacial score (nSPS) is 30.6. The maximum absolute atomic E-state index is 12.2. The zero-order valence-corrected chi connectivity index (χ0v) is 9.93. The summed E-state index contributed by atoms with van der Waals surface area (Å²) in [6.07, 6.45) is 4.88. The second-order valence-electron chi connectivity index (χ2n) is 5.10. The lowest BCUT2D eigenvalue weighted by Gasteiger charge is -2.36. The monoisotopic (exact) mass is 222 g/mol. The van der Waals surface area contributed by atoms with Crippen LogP contribution in [0.1, 0.15) is 27.7 Å². The highest BCUT2D eigenvalue weighted by atomic mass is 16.6. The number of nitrogens with zero attached hydrogens (tertiary/aromatic N) is 3. The third-order valence-corrected chi connectivity index (χ3v) is 3.74. The van der Waals surface area contributed by atoms with Crippen molar-refractivity contribution in [2.45, 2.75) is 38.8 Å². The smallest absolute Gasteiger partial charge is 0.166 e. The minimum Gasteiger partial charge on any atom is -0.286 e. The molecule has 2 aliphatic rings. The molecule has 1 N–H and O–H groups in total. The van der Waals surface area contributed by atoms with E-state index in [9.17, 15) is 10.4 Å². The van der Waals surface area contributed by atoms with Crippen LogP contribution in [0.4, 0.5) is 0 Å². The van der Waals surface area contributed by atoms with Gasteiger partial charge in [-0.3, -0.25) is 10.2 Å². The average Bonchev–Trinajstić information content (AvgIpc) is 2.73. The zero-order valence-electron chi connectivity index (χ0n) is 9.93. The lowest BCUT2D eigenvalue weighted by molar-refractivity contribution is -0.181. The molecule has 0 unspecified atom stereocenters. The minimum absolute atomic E-state index is 0.257. The third kappa shape index (κ3) is 1.15. The molecule has 16 heavy (non-hydrogen) atoms. The summed E-state index contributed by atoms with van der Waals surface area (Å²) in [5.74, 6) is 0.257. The Morgan fingerprint density at radius 1 is 1.25 bits per heavy atom. The SMILES string of the molecule is CC1(C)N([O])/C(=C2\C=CN=C2)N(O)C1(C)C. The predicted octanol–water partition coefficient (Wildman–Crippen LogP) is 1.71. The van der Waals surface area contributed by atoms with Crippen LogP contribution in [0, 0.1) is 0 Å². The van der Waals surface area contributed by atoms with Crippen molar-refractivity contribution in [2.24, 2.45) is 4.99 Å². The second kappa shape index (κ2) is 3.09. The zero-order chi connectivity index (χ0) is 12.1. The van der Waals surface area contributed by atoms with E-state index in [0.717, 1.165) is 10.1 Å². The first kappa shape index (κ1) is 11.2. The van der Waals surface area contributed by atoms with Crippen LogP contribution in [-0.2, 0) is 5.21 Å². The number of hydrogen-bond acceptors (Lipinski definition) is 4. The fourth-order valence-corrected chi connectivity index (χ4v) is 1.78. The number of hydrogen-bond donors (Lipinski definition) is 1. The molecule has 87 valence electrons. The Morgan fingerprint density at radius 3 is 2.25 bits per heavy atom. The van der Waals surface area contributed by atoms with E-state index in [1.54, 1.807) is 18.5 Å². The topological polar surface area (TPSA) is 59.0 Å². The quantitative estimate of drug-likeness (QED) is 0.678. The van der Waals surface area contributed by atoms with Gasteiger partial charge in [0.1, 0.15) is 0 Å². The second-order valence-corrected chi connectivity index (χ2v) is 5.10. The number of aliphatic imine (C=N–C) groups is 1. The summed E-state index contributed by atoms with van der Waals surface area (Å²) in [6, 6.07) is 0. The fourth-order valence-electron chi connectivity index (χ4n) is 1.78. The third-order valence-electron chi connectivity index (χ3n) is 3.74. The standard InChI is InChI=1S/C11H16N3O2/c1-10(2)11(3,4)14(16)9(13(10)15)8-5-6-12-7-8/h5-7,15H,1-4H3/b9-8+. The summed E-state index contributed by atoms with van der Waals surface area (Å²) in [6.45, 7) is 7.29. The van der Waals surface area contributed by atoms with E-state index in [-0.39, 0.29) is 5.82 Å². The Kier molecular flexibility index (Phi) is 2.15. The molecular weight excluding hydrogens is 206 g/mol. The Labute approximate surface area is 94.9 Å². The summed E-state index contributed by atoms with van der Waals surface area (Å²) in [7, 11) is 0. The van der Waals surface area contributed by atoms with Crippen molar-refractivity contribution in [3.8, 4) is 0 Å². The van der Waals surface area contributed by atoms with Crippen LogP contribution in [0.5, 0.6) is 0 Å².